The predicted octanol–water partition coefficient (Wildman–Crippen LogP) is 6.81. The molecule has 0 aliphatic rings. The van der Waals surface area contributed by atoms with Crippen LogP contribution in [-0.4, -0.2) is 28.6 Å². The number of carbonyl (C=O) groups excluding carboxylic acids is 1. The van der Waals surface area contributed by atoms with Crippen LogP contribution in [0.2, 0.25) is 0 Å². The van der Waals surface area contributed by atoms with E-state index in [0.29, 0.717) is 18.0 Å². The fourth-order valence-corrected chi connectivity index (χ4v) is 4.19. The van der Waals surface area contributed by atoms with Crippen LogP contribution in [0.3, 0.4) is 0 Å². The Bertz CT molecular complexity index is 1080. The van der Waals surface area contributed by atoms with Crippen LogP contribution in [-0.2, 0) is 17.8 Å². The van der Waals surface area contributed by atoms with Crippen molar-refractivity contribution >= 4 is 16.9 Å². The summed E-state index contributed by atoms with van der Waals surface area (Å²) in [5.74, 6) is 2.63. The number of rotatable bonds is 15. The summed E-state index contributed by atoms with van der Waals surface area (Å²) >= 11 is 0. The smallest absolute Gasteiger partial charge is 0.246 e. The largest absolute Gasteiger partial charge is 0.494 e. The number of aromatic nitrogens is 2. The van der Waals surface area contributed by atoms with Crippen molar-refractivity contribution in [3.63, 3.8) is 0 Å². The van der Waals surface area contributed by atoms with Crippen molar-refractivity contribution in [3.8, 4) is 5.75 Å². The molecule has 0 saturated heterocycles. The lowest BCUT2D eigenvalue weighted by Crippen LogP contribution is -2.24. The monoisotopic (exact) mass is 475 g/mol. The first-order valence-corrected chi connectivity index (χ1v) is 13.1. The number of unbranched alkanes of at least 4 members (excludes halogenated alkanes) is 3. The van der Waals surface area contributed by atoms with Crippen LogP contribution in [0.5, 0.6) is 5.75 Å². The number of carbonyl (C=O) groups is 1. The highest BCUT2D eigenvalue weighted by molar-refractivity contribution is 5.92. The van der Waals surface area contributed by atoms with E-state index in [2.05, 4.69) is 72.8 Å². The van der Waals surface area contributed by atoms with Gasteiger partial charge in [-0.05, 0) is 74.8 Å². The predicted molar refractivity (Wildman–Crippen MR) is 145 cm³/mol. The molecule has 0 saturated carbocycles. The molecule has 1 atom stereocenters. The molecule has 35 heavy (non-hydrogen) atoms. The average molecular weight is 476 g/mol. The van der Waals surface area contributed by atoms with Crippen LogP contribution in [0.15, 0.2) is 60.7 Å². The van der Waals surface area contributed by atoms with Crippen LogP contribution < -0.4 is 10.1 Å². The van der Waals surface area contributed by atoms with E-state index in [9.17, 15) is 4.79 Å². The van der Waals surface area contributed by atoms with Crippen molar-refractivity contribution in [1.82, 2.24) is 14.9 Å². The number of nitrogens with one attached hydrogen (secondary N) is 1. The van der Waals surface area contributed by atoms with Gasteiger partial charge in [0.2, 0.25) is 5.91 Å². The Morgan fingerprint density at radius 2 is 1.83 bits per heavy atom. The quantitative estimate of drug-likeness (QED) is 0.194. The summed E-state index contributed by atoms with van der Waals surface area (Å²) in [6.45, 7) is 12.2. The van der Waals surface area contributed by atoms with Gasteiger partial charge >= 0.3 is 0 Å². The molecule has 0 aliphatic heterocycles. The Hall–Kier alpha value is -3.08. The minimum atomic E-state index is -0.0566. The first kappa shape index (κ1) is 26.5. The summed E-state index contributed by atoms with van der Waals surface area (Å²) in [6.07, 6.45) is 7.23. The molecule has 3 rings (SSSR count). The highest BCUT2D eigenvalue weighted by Gasteiger charge is 2.10. The van der Waals surface area contributed by atoms with Crippen molar-refractivity contribution in [1.29, 1.82) is 0 Å². The first-order chi connectivity index (χ1) is 17.0. The van der Waals surface area contributed by atoms with E-state index in [-0.39, 0.29) is 5.91 Å². The minimum absolute atomic E-state index is 0.0566. The third kappa shape index (κ3) is 7.98. The minimum Gasteiger partial charge on any atom is -0.494 e. The molecule has 0 spiro atoms. The highest BCUT2D eigenvalue weighted by atomic mass is 16.5. The van der Waals surface area contributed by atoms with Gasteiger partial charge in [0, 0.05) is 25.1 Å². The Kier molecular flexibility index (Phi) is 10.4. The van der Waals surface area contributed by atoms with Crippen LogP contribution >= 0.6 is 0 Å². The Morgan fingerprint density at radius 3 is 2.57 bits per heavy atom. The van der Waals surface area contributed by atoms with Crippen LogP contribution in [0.1, 0.15) is 76.6 Å². The third-order valence-electron chi connectivity index (χ3n) is 6.59. The van der Waals surface area contributed by atoms with Crippen molar-refractivity contribution in [2.75, 3.05) is 13.2 Å². The molecule has 1 unspecified atom stereocenters. The van der Waals surface area contributed by atoms with E-state index in [1.165, 1.54) is 11.1 Å². The zero-order valence-electron chi connectivity index (χ0n) is 21.7. The highest BCUT2D eigenvalue weighted by Crippen LogP contribution is 2.22. The Balaban J connectivity index is 1.45. The number of fused-ring (bicyclic) bond motifs is 1. The number of ether oxygens (including phenoxy) is 1. The summed E-state index contributed by atoms with van der Waals surface area (Å²) in [4.78, 5) is 16.5. The van der Waals surface area contributed by atoms with Gasteiger partial charge in [-0.15, -0.1) is 0 Å². The van der Waals surface area contributed by atoms with E-state index in [1.54, 1.807) is 6.92 Å². The number of benzene rings is 2. The third-order valence-corrected chi connectivity index (χ3v) is 6.59. The molecule has 3 aromatic rings. The molecule has 5 heteroatoms. The molecule has 0 bridgehead atoms. The number of aryl methyl sites for hydroxylation is 2. The van der Waals surface area contributed by atoms with Crippen molar-refractivity contribution < 1.29 is 9.53 Å². The van der Waals surface area contributed by atoms with Crippen LogP contribution in [0.25, 0.3) is 11.0 Å². The summed E-state index contributed by atoms with van der Waals surface area (Å²) in [6, 6.07) is 16.9. The van der Waals surface area contributed by atoms with E-state index < -0.39 is 0 Å². The topological polar surface area (TPSA) is 56.2 Å². The molecule has 1 amide bonds. The zero-order chi connectivity index (χ0) is 25.0. The van der Waals surface area contributed by atoms with E-state index in [0.717, 1.165) is 75.2 Å². The van der Waals surface area contributed by atoms with Gasteiger partial charge in [-0.1, -0.05) is 51.1 Å². The Morgan fingerprint density at radius 1 is 1.06 bits per heavy atom. The second-order valence-electron chi connectivity index (χ2n) is 9.45. The van der Waals surface area contributed by atoms with Crippen LogP contribution in [0, 0.1) is 0 Å². The number of amides is 1. The molecule has 0 fully saturated rings. The molecular formula is C30H41N3O2. The van der Waals surface area contributed by atoms with E-state index in [4.69, 9.17) is 9.72 Å². The first-order valence-electron chi connectivity index (χ1n) is 13.1. The average Bonchev–Trinajstić information content (AvgIpc) is 3.22. The summed E-state index contributed by atoms with van der Waals surface area (Å²) in [5, 5.41) is 2.90. The lowest BCUT2D eigenvalue weighted by Gasteiger charge is -2.12. The Labute approximate surface area is 210 Å². The molecule has 5 nitrogen and oxygen atoms in total. The summed E-state index contributed by atoms with van der Waals surface area (Å²) < 4.78 is 8.36. The van der Waals surface area contributed by atoms with Gasteiger partial charge in [0.1, 0.15) is 11.6 Å². The molecule has 1 aromatic heterocycles. The standard InChI is InChI=1S/C30H41N3O2/c1-5-24(4)25-16-18-26(19-17-25)35-22-12-11-21-33-28-14-9-8-13-27(28)32-29(33)15-7-6-10-20-31-30(34)23(2)3/h8-9,13-14,16-19,24H,2,5-7,10-12,15,20-22H2,1,3-4H3,(H,31,34). The van der Waals surface area contributed by atoms with Gasteiger partial charge in [-0.3, -0.25) is 4.79 Å². The summed E-state index contributed by atoms with van der Waals surface area (Å²) in [5.41, 5.74) is 4.20. The maximum atomic E-state index is 11.6. The molecule has 0 radical (unpaired) electrons. The number of hydrogen-bond acceptors (Lipinski definition) is 3. The SMILES string of the molecule is C=C(C)C(=O)NCCCCCc1nc2ccccc2n1CCCCOc1ccc(C(C)CC)cc1. The maximum Gasteiger partial charge on any atom is 0.246 e. The number of nitrogens with zero attached hydrogens (tertiary/aromatic N) is 2. The molecule has 188 valence electrons. The fraction of sp³-hybridized carbons (Fsp3) is 0.467. The van der Waals surface area contributed by atoms with Gasteiger partial charge in [0.05, 0.1) is 17.6 Å². The van der Waals surface area contributed by atoms with Gasteiger partial charge in [-0.2, -0.15) is 0 Å². The molecule has 0 aliphatic carbocycles. The molecule has 2 aromatic carbocycles. The van der Waals surface area contributed by atoms with Gasteiger partial charge in [-0.25, -0.2) is 4.98 Å². The molecular weight excluding hydrogens is 434 g/mol. The zero-order valence-corrected chi connectivity index (χ0v) is 21.7. The van der Waals surface area contributed by atoms with Crippen molar-refractivity contribution in [2.24, 2.45) is 0 Å². The van der Waals surface area contributed by atoms with Crippen molar-refractivity contribution in [2.45, 2.75) is 78.2 Å². The van der Waals surface area contributed by atoms with Gasteiger partial charge in [0.25, 0.3) is 0 Å². The lowest BCUT2D eigenvalue weighted by molar-refractivity contribution is -0.117. The number of hydrogen-bond donors (Lipinski definition) is 1. The maximum absolute atomic E-state index is 11.6. The normalized spacial score (nSPS) is 12.0. The van der Waals surface area contributed by atoms with Crippen molar-refractivity contribution in [3.05, 3.63) is 72.1 Å². The fourth-order valence-electron chi connectivity index (χ4n) is 4.19. The van der Waals surface area contributed by atoms with Crippen LogP contribution in [0.4, 0.5) is 0 Å². The van der Waals surface area contributed by atoms with Gasteiger partial charge < -0.3 is 14.6 Å². The van der Waals surface area contributed by atoms with Gasteiger partial charge in [0.15, 0.2) is 0 Å². The number of para-hydroxylation sites is 2. The second-order valence-corrected chi connectivity index (χ2v) is 9.45. The van der Waals surface area contributed by atoms with E-state index >= 15 is 0 Å². The number of imidazole rings is 1. The summed E-state index contributed by atoms with van der Waals surface area (Å²) in [7, 11) is 0. The second kappa shape index (κ2) is 13.7. The molecule has 1 N–H and O–H groups in total. The molecule has 1 heterocycles. The lowest BCUT2D eigenvalue weighted by atomic mass is 9.99. The van der Waals surface area contributed by atoms with E-state index in [1.807, 2.05) is 6.07 Å².